The highest BCUT2D eigenvalue weighted by Gasteiger charge is 2.14. The van der Waals surface area contributed by atoms with E-state index < -0.39 is 10.1 Å². The first-order chi connectivity index (χ1) is 12.6. The fourth-order valence-electron chi connectivity index (χ4n) is 2.82. The van der Waals surface area contributed by atoms with Crippen LogP contribution in [0.3, 0.4) is 0 Å². The van der Waals surface area contributed by atoms with Gasteiger partial charge >= 0.3 is 0 Å². The highest BCUT2D eigenvalue weighted by molar-refractivity contribution is 7.86. The summed E-state index contributed by atoms with van der Waals surface area (Å²) in [6, 6.07) is 20.2. The first-order valence-corrected chi connectivity index (χ1v) is 9.84. The molecule has 0 aliphatic carbocycles. The molecule has 0 spiro atoms. The van der Waals surface area contributed by atoms with Crippen LogP contribution in [0.4, 0.5) is 5.69 Å². The van der Waals surface area contributed by atoms with Crippen LogP contribution in [0.25, 0.3) is 10.8 Å². The van der Waals surface area contributed by atoms with Crippen molar-refractivity contribution in [1.29, 1.82) is 0 Å². The first-order valence-electron chi connectivity index (χ1n) is 8.40. The van der Waals surface area contributed by atoms with Gasteiger partial charge in [-0.2, -0.15) is 8.42 Å². The second-order valence-electron chi connectivity index (χ2n) is 5.95. The minimum absolute atomic E-state index is 0.0788. The molecule has 0 atom stereocenters. The summed E-state index contributed by atoms with van der Waals surface area (Å²) in [5.74, 6) is 0. The van der Waals surface area contributed by atoms with Crippen molar-refractivity contribution in [1.82, 2.24) is 0 Å². The molecule has 3 aromatic carbocycles. The molecule has 0 amide bonds. The Balaban J connectivity index is 1.58. The number of anilines is 1. The van der Waals surface area contributed by atoms with Crippen molar-refractivity contribution in [2.24, 2.45) is 0 Å². The molecular weight excluding hydrogens is 350 g/mol. The average molecular weight is 371 g/mol. The lowest BCUT2D eigenvalue weighted by Crippen LogP contribution is -2.06. The van der Waals surface area contributed by atoms with Crippen molar-refractivity contribution in [2.45, 2.75) is 17.9 Å². The molecule has 3 aromatic rings. The maximum Gasteiger partial charge on any atom is 0.295 e. The van der Waals surface area contributed by atoms with Gasteiger partial charge < -0.3 is 10.1 Å². The van der Waals surface area contributed by atoms with Crippen LogP contribution in [-0.2, 0) is 21.5 Å². The zero-order chi connectivity index (χ0) is 18.4. The number of fused-ring (bicyclic) bond motifs is 1. The van der Waals surface area contributed by atoms with Gasteiger partial charge in [-0.25, -0.2) is 0 Å². The van der Waals surface area contributed by atoms with E-state index in [4.69, 9.17) is 4.74 Å². The zero-order valence-corrected chi connectivity index (χ0v) is 15.1. The molecule has 0 fully saturated rings. The van der Waals surface area contributed by atoms with E-state index >= 15 is 0 Å². The summed E-state index contributed by atoms with van der Waals surface area (Å²) < 4.78 is 38.1. The molecule has 0 bridgehead atoms. The third kappa shape index (κ3) is 4.60. The third-order valence-electron chi connectivity index (χ3n) is 4.05. The van der Waals surface area contributed by atoms with E-state index in [1.165, 1.54) is 6.07 Å². The second kappa shape index (κ2) is 8.31. The average Bonchev–Trinajstić information content (AvgIpc) is 2.64. The molecular formula is C20H21NO4S. The molecule has 0 aliphatic rings. The Bertz CT molecular complexity index is 972. The number of nitrogens with one attached hydrogen (secondary N) is 1. The van der Waals surface area contributed by atoms with Crippen LogP contribution in [0.5, 0.6) is 0 Å². The summed E-state index contributed by atoms with van der Waals surface area (Å²) in [4.78, 5) is -0.0788. The van der Waals surface area contributed by atoms with Crippen LogP contribution in [0.1, 0.15) is 12.0 Å². The van der Waals surface area contributed by atoms with E-state index in [1.807, 2.05) is 42.5 Å². The predicted octanol–water partition coefficient (Wildman–Crippen LogP) is 4.11. The van der Waals surface area contributed by atoms with E-state index in [2.05, 4.69) is 5.32 Å². The van der Waals surface area contributed by atoms with E-state index in [1.54, 1.807) is 18.2 Å². The first kappa shape index (κ1) is 18.4. The molecule has 0 radical (unpaired) electrons. The summed E-state index contributed by atoms with van der Waals surface area (Å²) in [5, 5.41) is 4.57. The van der Waals surface area contributed by atoms with E-state index in [0.29, 0.717) is 25.1 Å². The Morgan fingerprint density at radius 2 is 1.62 bits per heavy atom. The number of hydrogen-bond acceptors (Lipinski definition) is 4. The van der Waals surface area contributed by atoms with Gasteiger partial charge in [0.2, 0.25) is 0 Å². The summed E-state index contributed by atoms with van der Waals surface area (Å²) in [6.07, 6.45) is 0.821. The van der Waals surface area contributed by atoms with Crippen molar-refractivity contribution in [3.05, 3.63) is 72.3 Å². The molecule has 0 unspecified atom stereocenters. The number of hydrogen-bond donors (Lipinski definition) is 2. The quantitative estimate of drug-likeness (QED) is 0.460. The molecule has 5 nitrogen and oxygen atoms in total. The third-order valence-corrected chi connectivity index (χ3v) is 4.96. The van der Waals surface area contributed by atoms with Crippen LogP contribution in [0.15, 0.2) is 71.6 Å². The van der Waals surface area contributed by atoms with Crippen molar-refractivity contribution < 1.29 is 17.7 Å². The Morgan fingerprint density at radius 1 is 0.885 bits per heavy atom. The molecule has 0 aliphatic heterocycles. The summed E-state index contributed by atoms with van der Waals surface area (Å²) in [5.41, 5.74) is 1.98. The highest BCUT2D eigenvalue weighted by atomic mass is 32.2. The Morgan fingerprint density at radius 3 is 2.38 bits per heavy atom. The molecule has 136 valence electrons. The maximum atomic E-state index is 11.5. The standard InChI is InChI=1S/C20H21NO4S/c22-26(23,24)20-12-5-9-17-18(20)10-4-11-19(17)21-13-6-14-25-15-16-7-2-1-3-8-16/h1-5,7-12,21H,6,13-15H2,(H,22,23,24). The van der Waals surface area contributed by atoms with Gasteiger partial charge in [-0.15, -0.1) is 0 Å². The molecule has 0 saturated carbocycles. The van der Waals surface area contributed by atoms with E-state index in [-0.39, 0.29) is 4.90 Å². The number of ether oxygens (including phenoxy) is 1. The van der Waals surface area contributed by atoms with Crippen LogP contribution < -0.4 is 5.32 Å². The van der Waals surface area contributed by atoms with Gasteiger partial charge in [0.15, 0.2) is 0 Å². The smallest absolute Gasteiger partial charge is 0.295 e. The van der Waals surface area contributed by atoms with Crippen molar-refractivity contribution in [2.75, 3.05) is 18.5 Å². The minimum atomic E-state index is -4.25. The number of benzene rings is 3. The Kier molecular flexibility index (Phi) is 5.88. The van der Waals surface area contributed by atoms with Crippen LogP contribution in [0, 0.1) is 0 Å². The lowest BCUT2D eigenvalue weighted by molar-refractivity contribution is 0.120. The van der Waals surface area contributed by atoms with Crippen LogP contribution in [-0.4, -0.2) is 26.1 Å². The topological polar surface area (TPSA) is 75.6 Å². The summed E-state index contributed by atoms with van der Waals surface area (Å²) in [7, 11) is -4.25. The van der Waals surface area contributed by atoms with Crippen molar-refractivity contribution in [3.63, 3.8) is 0 Å². The van der Waals surface area contributed by atoms with Gasteiger partial charge in [0.05, 0.1) is 6.61 Å². The Hall–Kier alpha value is -2.41. The van der Waals surface area contributed by atoms with E-state index in [0.717, 1.165) is 23.1 Å². The van der Waals surface area contributed by atoms with Gasteiger partial charge in [-0.1, -0.05) is 54.6 Å². The molecule has 26 heavy (non-hydrogen) atoms. The fourth-order valence-corrected chi connectivity index (χ4v) is 3.53. The fraction of sp³-hybridized carbons (Fsp3) is 0.200. The largest absolute Gasteiger partial charge is 0.384 e. The summed E-state index contributed by atoms with van der Waals surface area (Å²) in [6.45, 7) is 1.92. The lowest BCUT2D eigenvalue weighted by atomic mass is 10.1. The molecule has 6 heteroatoms. The summed E-state index contributed by atoms with van der Waals surface area (Å²) >= 11 is 0. The molecule has 0 saturated heterocycles. The minimum Gasteiger partial charge on any atom is -0.384 e. The SMILES string of the molecule is O=S(=O)(O)c1cccc2c(NCCCOCc3ccccc3)cccc12. The molecule has 0 aromatic heterocycles. The van der Waals surface area contributed by atoms with Gasteiger partial charge in [0.1, 0.15) is 4.90 Å². The van der Waals surface area contributed by atoms with Gasteiger partial charge in [-0.05, 0) is 24.1 Å². The highest BCUT2D eigenvalue weighted by Crippen LogP contribution is 2.28. The van der Waals surface area contributed by atoms with Crippen molar-refractivity contribution >= 4 is 26.6 Å². The van der Waals surface area contributed by atoms with Gasteiger partial charge in [-0.3, -0.25) is 4.55 Å². The maximum absolute atomic E-state index is 11.5. The molecule has 2 N–H and O–H groups in total. The molecule has 0 heterocycles. The van der Waals surface area contributed by atoms with Gasteiger partial charge in [0.25, 0.3) is 10.1 Å². The van der Waals surface area contributed by atoms with Crippen molar-refractivity contribution in [3.8, 4) is 0 Å². The van der Waals surface area contributed by atoms with Gasteiger partial charge in [0, 0.05) is 29.6 Å². The molecule has 3 rings (SSSR count). The Labute approximate surface area is 153 Å². The van der Waals surface area contributed by atoms with E-state index in [9.17, 15) is 13.0 Å². The van der Waals surface area contributed by atoms with Crippen LogP contribution >= 0.6 is 0 Å². The number of rotatable bonds is 8. The second-order valence-corrected chi connectivity index (χ2v) is 7.34. The van der Waals surface area contributed by atoms with Crippen LogP contribution in [0.2, 0.25) is 0 Å². The monoisotopic (exact) mass is 371 g/mol. The predicted molar refractivity (Wildman–Crippen MR) is 103 cm³/mol. The normalized spacial score (nSPS) is 11.6. The zero-order valence-electron chi connectivity index (χ0n) is 14.3. The lowest BCUT2D eigenvalue weighted by Gasteiger charge is -2.11.